The molecule has 4 heterocycles. The summed E-state index contributed by atoms with van der Waals surface area (Å²) in [6, 6.07) is 3.94. The van der Waals surface area contributed by atoms with Crippen molar-refractivity contribution in [1.29, 1.82) is 0 Å². The number of aromatic nitrogens is 2. The Balaban J connectivity index is 1.27. The van der Waals surface area contributed by atoms with Gasteiger partial charge in [0.25, 0.3) is 5.91 Å². The fourth-order valence-electron chi connectivity index (χ4n) is 3.41. The predicted molar refractivity (Wildman–Crippen MR) is 96.4 cm³/mol. The van der Waals surface area contributed by atoms with Gasteiger partial charge < -0.3 is 19.9 Å². The summed E-state index contributed by atoms with van der Waals surface area (Å²) in [5.74, 6) is 1.34. The van der Waals surface area contributed by atoms with Crippen molar-refractivity contribution < 1.29 is 14.1 Å². The number of rotatable bonds is 5. The Kier molecular flexibility index (Phi) is 5.30. The van der Waals surface area contributed by atoms with Gasteiger partial charge in [-0.15, -0.1) is 11.3 Å². The van der Waals surface area contributed by atoms with Crippen molar-refractivity contribution in [2.75, 3.05) is 32.7 Å². The van der Waals surface area contributed by atoms with Gasteiger partial charge in [-0.1, -0.05) is 11.2 Å². The number of carbonyl (C=O) groups excluding carboxylic acids is 1. The predicted octanol–water partition coefficient (Wildman–Crippen LogP) is 0.949. The van der Waals surface area contributed by atoms with E-state index in [1.165, 1.54) is 0 Å². The van der Waals surface area contributed by atoms with Crippen molar-refractivity contribution in [1.82, 2.24) is 19.9 Å². The summed E-state index contributed by atoms with van der Waals surface area (Å²) in [6.45, 7) is 4.05. The van der Waals surface area contributed by atoms with Gasteiger partial charge in [0, 0.05) is 32.7 Å². The van der Waals surface area contributed by atoms with Crippen LogP contribution in [0.1, 0.15) is 18.7 Å². The minimum atomic E-state index is -0.320. The van der Waals surface area contributed by atoms with Crippen LogP contribution in [0.2, 0.25) is 0 Å². The SMILES string of the molecule is NC[C@H]1CC[C@@H](C(=O)N2CCN(Cc3nc(-c4cccs4)no3)CC2)O1. The summed E-state index contributed by atoms with van der Waals surface area (Å²) in [5, 5.41) is 6.03. The number of carbonyl (C=O) groups is 1. The van der Waals surface area contributed by atoms with Gasteiger partial charge in [-0.05, 0) is 24.3 Å². The van der Waals surface area contributed by atoms with E-state index < -0.39 is 0 Å². The van der Waals surface area contributed by atoms with Crippen LogP contribution in [0, 0.1) is 0 Å². The molecule has 2 aromatic heterocycles. The molecule has 140 valence electrons. The van der Waals surface area contributed by atoms with E-state index >= 15 is 0 Å². The summed E-state index contributed by atoms with van der Waals surface area (Å²) in [7, 11) is 0. The number of hydrogen-bond acceptors (Lipinski definition) is 8. The molecule has 9 heteroatoms. The molecular weight excluding hydrogens is 354 g/mol. The van der Waals surface area contributed by atoms with Gasteiger partial charge in [0.15, 0.2) is 0 Å². The van der Waals surface area contributed by atoms with Gasteiger partial charge in [0.2, 0.25) is 11.7 Å². The number of ether oxygens (including phenoxy) is 1. The largest absolute Gasteiger partial charge is 0.364 e. The van der Waals surface area contributed by atoms with Crippen molar-refractivity contribution in [2.45, 2.75) is 31.6 Å². The van der Waals surface area contributed by atoms with E-state index in [1.807, 2.05) is 22.4 Å². The highest BCUT2D eigenvalue weighted by molar-refractivity contribution is 7.13. The lowest BCUT2D eigenvalue weighted by Crippen LogP contribution is -2.51. The van der Waals surface area contributed by atoms with Crippen LogP contribution in [0.4, 0.5) is 0 Å². The standard InChI is InChI=1S/C17H23N5O3S/c18-10-12-3-4-13(24-12)17(23)22-7-5-21(6-8-22)11-15-19-16(20-25-15)14-2-1-9-26-14/h1-2,9,12-13H,3-8,10-11,18H2/t12-,13+/m1/s1. The molecule has 26 heavy (non-hydrogen) atoms. The van der Waals surface area contributed by atoms with Crippen molar-refractivity contribution in [2.24, 2.45) is 5.73 Å². The van der Waals surface area contributed by atoms with E-state index in [0.29, 0.717) is 37.9 Å². The highest BCUT2D eigenvalue weighted by Crippen LogP contribution is 2.23. The first kappa shape index (κ1) is 17.6. The first-order valence-electron chi connectivity index (χ1n) is 8.96. The maximum Gasteiger partial charge on any atom is 0.251 e. The molecule has 2 atom stereocenters. The summed E-state index contributed by atoms with van der Waals surface area (Å²) in [4.78, 5) is 22.1. The second-order valence-corrected chi connectivity index (χ2v) is 7.60. The molecule has 0 radical (unpaired) electrons. The highest BCUT2D eigenvalue weighted by atomic mass is 32.1. The molecule has 2 N–H and O–H groups in total. The molecule has 1 amide bonds. The zero-order chi connectivity index (χ0) is 17.9. The fourth-order valence-corrected chi connectivity index (χ4v) is 4.06. The lowest BCUT2D eigenvalue weighted by molar-refractivity contribution is -0.144. The van der Waals surface area contributed by atoms with Gasteiger partial charge in [0.05, 0.1) is 17.5 Å². The minimum absolute atomic E-state index is 0.0281. The Bertz CT molecular complexity index is 727. The highest BCUT2D eigenvalue weighted by Gasteiger charge is 2.34. The average molecular weight is 377 g/mol. The number of amides is 1. The molecule has 0 aromatic carbocycles. The quantitative estimate of drug-likeness (QED) is 0.828. The van der Waals surface area contributed by atoms with E-state index in [2.05, 4.69) is 15.0 Å². The van der Waals surface area contributed by atoms with Gasteiger partial charge in [-0.3, -0.25) is 9.69 Å². The van der Waals surface area contributed by atoms with E-state index in [0.717, 1.165) is 30.8 Å². The van der Waals surface area contributed by atoms with Crippen molar-refractivity contribution >= 4 is 17.2 Å². The summed E-state index contributed by atoms with van der Waals surface area (Å²) in [6.07, 6.45) is 1.35. The Morgan fingerprint density at radius 2 is 2.15 bits per heavy atom. The maximum absolute atomic E-state index is 12.6. The molecular formula is C17H23N5O3S. The molecule has 0 aliphatic carbocycles. The van der Waals surface area contributed by atoms with Crippen LogP contribution in [-0.2, 0) is 16.1 Å². The average Bonchev–Trinajstić information content (AvgIpc) is 3.42. The van der Waals surface area contributed by atoms with Crippen molar-refractivity contribution in [3.8, 4) is 10.7 Å². The molecule has 2 fully saturated rings. The third-order valence-electron chi connectivity index (χ3n) is 4.90. The van der Waals surface area contributed by atoms with E-state index in [-0.39, 0.29) is 18.1 Å². The molecule has 0 spiro atoms. The van der Waals surface area contributed by atoms with Gasteiger partial charge in [-0.25, -0.2) is 0 Å². The Hall–Kier alpha value is -1.81. The minimum Gasteiger partial charge on any atom is -0.364 e. The van der Waals surface area contributed by atoms with E-state index in [4.69, 9.17) is 15.0 Å². The van der Waals surface area contributed by atoms with Crippen LogP contribution in [-0.4, -0.2) is 70.8 Å². The lowest BCUT2D eigenvalue weighted by Gasteiger charge is -2.35. The third-order valence-corrected chi connectivity index (χ3v) is 5.76. The van der Waals surface area contributed by atoms with Crippen LogP contribution in [0.3, 0.4) is 0 Å². The monoisotopic (exact) mass is 377 g/mol. The van der Waals surface area contributed by atoms with Gasteiger partial charge in [-0.2, -0.15) is 4.98 Å². The smallest absolute Gasteiger partial charge is 0.251 e. The first-order chi connectivity index (χ1) is 12.7. The Morgan fingerprint density at radius 3 is 2.85 bits per heavy atom. The maximum atomic E-state index is 12.6. The molecule has 0 saturated carbocycles. The number of hydrogen-bond donors (Lipinski definition) is 1. The molecule has 4 rings (SSSR count). The molecule has 8 nitrogen and oxygen atoms in total. The number of nitrogens with zero attached hydrogens (tertiary/aromatic N) is 4. The Morgan fingerprint density at radius 1 is 1.31 bits per heavy atom. The van der Waals surface area contributed by atoms with Gasteiger partial charge in [0.1, 0.15) is 6.10 Å². The molecule has 2 aliphatic rings. The summed E-state index contributed by atoms with van der Waals surface area (Å²) in [5.41, 5.74) is 5.62. The third kappa shape index (κ3) is 3.80. The molecule has 2 saturated heterocycles. The first-order valence-corrected chi connectivity index (χ1v) is 9.84. The van der Waals surface area contributed by atoms with Gasteiger partial charge >= 0.3 is 0 Å². The number of nitrogens with two attached hydrogens (primary N) is 1. The molecule has 0 bridgehead atoms. The second kappa shape index (κ2) is 7.83. The van der Waals surface area contributed by atoms with Crippen LogP contribution in [0.5, 0.6) is 0 Å². The molecule has 0 unspecified atom stereocenters. The number of piperazine rings is 1. The van der Waals surface area contributed by atoms with E-state index in [1.54, 1.807) is 11.3 Å². The summed E-state index contributed by atoms with van der Waals surface area (Å²) < 4.78 is 11.1. The van der Waals surface area contributed by atoms with Crippen molar-refractivity contribution in [3.63, 3.8) is 0 Å². The van der Waals surface area contributed by atoms with Crippen LogP contribution in [0.25, 0.3) is 10.7 Å². The normalized spacial score (nSPS) is 24.3. The topological polar surface area (TPSA) is 97.7 Å². The molecule has 2 aliphatic heterocycles. The zero-order valence-electron chi connectivity index (χ0n) is 14.5. The lowest BCUT2D eigenvalue weighted by atomic mass is 10.1. The van der Waals surface area contributed by atoms with Crippen LogP contribution < -0.4 is 5.73 Å². The second-order valence-electron chi connectivity index (χ2n) is 6.65. The molecule has 2 aromatic rings. The van der Waals surface area contributed by atoms with Crippen molar-refractivity contribution in [3.05, 3.63) is 23.4 Å². The Labute approximate surface area is 155 Å². The van der Waals surface area contributed by atoms with E-state index in [9.17, 15) is 4.79 Å². The zero-order valence-corrected chi connectivity index (χ0v) is 15.4. The van der Waals surface area contributed by atoms with Crippen LogP contribution >= 0.6 is 11.3 Å². The number of thiophene rings is 1. The van der Waals surface area contributed by atoms with Crippen LogP contribution in [0.15, 0.2) is 22.0 Å². The summed E-state index contributed by atoms with van der Waals surface area (Å²) >= 11 is 1.59. The fraction of sp³-hybridized carbons (Fsp3) is 0.588.